The average Bonchev–Trinajstić information content (AvgIpc) is 3.86. The van der Waals surface area contributed by atoms with Crippen LogP contribution in [0.2, 0.25) is 0 Å². The molecule has 432 valence electrons. The van der Waals surface area contributed by atoms with E-state index in [1.54, 1.807) is 12.2 Å². The molecule has 1 saturated heterocycles. The fraction of sp³-hybridized carbons (Fsp3) is 0.414. The summed E-state index contributed by atoms with van der Waals surface area (Å²) in [5.74, 6) is -5.35. The minimum atomic E-state index is -4.56. The molecule has 0 spiro atoms. The molecule has 3 aliphatic heterocycles. The van der Waals surface area contributed by atoms with Crippen molar-refractivity contribution < 1.29 is 72.3 Å². The third-order valence-electron chi connectivity index (χ3n) is 15.4. The van der Waals surface area contributed by atoms with Crippen LogP contribution in [0.1, 0.15) is 103 Å². The van der Waals surface area contributed by atoms with Crippen molar-refractivity contribution >= 4 is 98.6 Å². The summed E-state index contributed by atoms with van der Waals surface area (Å²) < 4.78 is 103. The highest BCUT2D eigenvalue weighted by Gasteiger charge is 2.50. The maximum Gasteiger partial charge on any atom is 0.333 e. The van der Waals surface area contributed by atoms with Crippen molar-refractivity contribution in [1.82, 2.24) is 15.7 Å². The monoisotopic (exact) mass is 1170 g/mol. The largest absolute Gasteiger partial charge is 0.355 e. The molecule has 0 aromatic heterocycles. The second-order valence-electron chi connectivity index (χ2n) is 22.0. The molecule has 1 fully saturated rings. The standard InChI is InChI=1S/C58H67N5O15S3/c1-56(2)47(61(31-12-33-79(69,70)71)45-23-21-41-14-7-9-16-43(41)52(45)56)25-19-39-36-40(20-26-48-57(3,4)53-44-17-10-8-15-42(44)22-24-46(53)62(48)32-13-34-80(72,73)74)38-58(37-39,55(68)60-30-35-81(75,76)77)54(67)59-29-11-5-6-18-51(66)78-63-49(64)27-28-50(63)65/h7-10,14-17,19-26,36H,5-6,11-13,18,27-35,37-38H2,1-4H3,(H4-,59,60,67,68,69,70,71,72,73,74,75,76,77)/p+1. The van der Waals surface area contributed by atoms with Crippen molar-refractivity contribution in [1.29, 1.82) is 0 Å². The number of rotatable bonds is 23. The second-order valence-corrected chi connectivity index (χ2v) is 26.7. The van der Waals surface area contributed by atoms with E-state index in [1.165, 1.54) is 0 Å². The maximum atomic E-state index is 15.0. The molecular formula is C58H68N5O15S3+. The highest BCUT2D eigenvalue weighted by atomic mass is 32.2. The molecule has 4 aromatic carbocycles. The molecule has 5 N–H and O–H groups in total. The van der Waals surface area contributed by atoms with Gasteiger partial charge < -0.3 is 20.4 Å². The number of imide groups is 1. The van der Waals surface area contributed by atoms with E-state index in [4.69, 9.17) is 4.84 Å². The van der Waals surface area contributed by atoms with Crippen LogP contribution in [0.4, 0.5) is 11.4 Å². The molecule has 1 atom stereocenters. The molecule has 4 amide bonds. The first-order chi connectivity index (χ1) is 38.1. The number of carbonyl (C=O) groups is 5. The summed E-state index contributed by atoms with van der Waals surface area (Å²) in [5, 5.41) is 9.89. The van der Waals surface area contributed by atoms with E-state index in [2.05, 4.69) is 10.6 Å². The van der Waals surface area contributed by atoms with Gasteiger partial charge in [0.1, 0.15) is 12.0 Å². The summed E-state index contributed by atoms with van der Waals surface area (Å²) in [6.07, 6.45) is 9.66. The predicted molar refractivity (Wildman–Crippen MR) is 306 cm³/mol. The van der Waals surface area contributed by atoms with Gasteiger partial charge in [-0.1, -0.05) is 93.1 Å². The van der Waals surface area contributed by atoms with Gasteiger partial charge in [-0.3, -0.25) is 32.8 Å². The van der Waals surface area contributed by atoms with E-state index < -0.39 is 100 Å². The number of hydrogen-bond donors (Lipinski definition) is 5. The van der Waals surface area contributed by atoms with Gasteiger partial charge in [0.15, 0.2) is 5.71 Å². The lowest BCUT2D eigenvalue weighted by Gasteiger charge is -2.35. The fourth-order valence-electron chi connectivity index (χ4n) is 11.7. The fourth-order valence-corrected chi connectivity index (χ4v) is 13.0. The minimum absolute atomic E-state index is 0.0325. The van der Waals surface area contributed by atoms with Gasteiger partial charge in [0, 0.05) is 79.8 Å². The number of hydrogen-bond acceptors (Lipinski definition) is 13. The molecule has 3 heterocycles. The smallest absolute Gasteiger partial charge is 0.333 e. The van der Waals surface area contributed by atoms with E-state index in [0.29, 0.717) is 29.1 Å². The number of unbranched alkanes of at least 4 members (excludes halogenated alkanes) is 2. The summed E-state index contributed by atoms with van der Waals surface area (Å²) in [6.45, 7) is 8.05. The first-order valence-electron chi connectivity index (χ1n) is 26.9. The minimum Gasteiger partial charge on any atom is -0.355 e. The number of amides is 4. The Bertz CT molecular complexity index is 3720. The van der Waals surface area contributed by atoms with E-state index in [9.17, 15) is 58.1 Å². The first kappa shape index (κ1) is 60.2. The molecule has 8 rings (SSSR count). The van der Waals surface area contributed by atoms with E-state index >= 15 is 4.79 Å². The van der Waals surface area contributed by atoms with Gasteiger partial charge in [0.25, 0.3) is 42.2 Å². The molecule has 0 saturated carbocycles. The molecule has 20 nitrogen and oxygen atoms in total. The molecular weight excluding hydrogens is 1100 g/mol. The number of allylic oxidation sites excluding steroid dienone is 8. The first-order valence-corrected chi connectivity index (χ1v) is 31.7. The van der Waals surface area contributed by atoms with Crippen molar-refractivity contribution in [2.45, 2.75) is 103 Å². The topological polar surface area (TPSA) is 291 Å². The Morgan fingerprint density at radius 2 is 1.25 bits per heavy atom. The van der Waals surface area contributed by atoms with Crippen LogP contribution in [-0.4, -0.2) is 127 Å². The van der Waals surface area contributed by atoms with Crippen LogP contribution < -0.4 is 15.5 Å². The summed E-state index contributed by atoms with van der Waals surface area (Å²) in [5.41, 5.74) is 2.71. The van der Waals surface area contributed by atoms with Crippen LogP contribution in [-0.2, 0) is 70.0 Å². The summed E-state index contributed by atoms with van der Waals surface area (Å²) in [4.78, 5) is 73.4. The third-order valence-corrected chi connectivity index (χ3v) is 17.8. The Hall–Kier alpha value is -6.89. The zero-order valence-electron chi connectivity index (χ0n) is 45.6. The van der Waals surface area contributed by atoms with E-state index in [-0.39, 0.29) is 71.0 Å². The molecule has 1 aliphatic carbocycles. The van der Waals surface area contributed by atoms with Crippen molar-refractivity contribution in [3.8, 4) is 0 Å². The van der Waals surface area contributed by atoms with E-state index in [0.717, 1.165) is 55.5 Å². The number of anilines is 1. The number of nitrogens with one attached hydrogen (secondary N) is 2. The Morgan fingerprint density at radius 1 is 0.654 bits per heavy atom. The number of nitrogens with zero attached hydrogens (tertiary/aromatic N) is 3. The predicted octanol–water partition coefficient (Wildman–Crippen LogP) is 7.08. The van der Waals surface area contributed by atoms with Crippen molar-refractivity contribution in [3.63, 3.8) is 0 Å². The number of benzene rings is 4. The third kappa shape index (κ3) is 13.7. The number of hydroxylamine groups is 2. The van der Waals surface area contributed by atoms with Crippen LogP contribution in [0.5, 0.6) is 0 Å². The van der Waals surface area contributed by atoms with Crippen molar-refractivity contribution in [3.05, 3.63) is 131 Å². The molecule has 4 aromatic rings. The number of carbonyl (C=O) groups excluding carboxylic acids is 5. The Kier molecular flexibility index (Phi) is 17.8. The van der Waals surface area contributed by atoms with Gasteiger partial charge in [-0.15, -0.1) is 5.06 Å². The molecule has 4 aliphatic rings. The van der Waals surface area contributed by atoms with Crippen LogP contribution >= 0.6 is 0 Å². The Balaban J connectivity index is 1.20. The highest BCUT2D eigenvalue weighted by molar-refractivity contribution is 7.86. The van der Waals surface area contributed by atoms with Gasteiger partial charge in [0.2, 0.25) is 17.5 Å². The average molecular weight is 1170 g/mol. The lowest BCUT2D eigenvalue weighted by Crippen LogP contribution is -2.53. The quantitative estimate of drug-likeness (QED) is 0.0163. The number of fused-ring (bicyclic) bond motifs is 6. The van der Waals surface area contributed by atoms with Crippen LogP contribution in [0, 0.1) is 5.41 Å². The molecule has 81 heavy (non-hydrogen) atoms. The molecule has 23 heteroatoms. The SMILES string of the molecule is CC1(C)C(/C=C/C2=CC(=C/C=C3/N(CCCS(=O)(=O)O)c4ccc5ccccc5c4C3(C)C)/CC(C(=O)NCCCCCC(=O)ON3C(=O)CCC3=O)(C(=O)NCCS(=O)(=O)O)C2)=[N+](CCCS(=O)(=O)O)c2ccc3ccccc3c21. The van der Waals surface area contributed by atoms with Crippen LogP contribution in [0.25, 0.3) is 21.5 Å². The van der Waals surface area contributed by atoms with Crippen LogP contribution in [0.15, 0.2) is 120 Å². The maximum absolute atomic E-state index is 15.0. The summed E-state index contributed by atoms with van der Waals surface area (Å²) in [6, 6.07) is 23.7. The lowest BCUT2D eigenvalue weighted by molar-refractivity contribution is -0.437. The van der Waals surface area contributed by atoms with Gasteiger partial charge in [-0.25, -0.2) is 4.79 Å². The molecule has 1 unspecified atom stereocenters. The Morgan fingerprint density at radius 3 is 1.89 bits per heavy atom. The van der Waals surface area contributed by atoms with Gasteiger partial charge in [-0.05, 0) is 102 Å². The Labute approximate surface area is 471 Å². The van der Waals surface area contributed by atoms with Gasteiger partial charge in [0.05, 0.1) is 22.7 Å². The van der Waals surface area contributed by atoms with Crippen molar-refractivity contribution in [2.75, 3.05) is 48.3 Å². The van der Waals surface area contributed by atoms with Crippen LogP contribution in [0.3, 0.4) is 0 Å². The lowest BCUT2D eigenvalue weighted by atomic mass is 9.70. The molecule has 0 radical (unpaired) electrons. The normalized spacial score (nSPS) is 20.0. The molecule has 0 bridgehead atoms. The van der Waals surface area contributed by atoms with Gasteiger partial charge >= 0.3 is 5.97 Å². The summed E-state index contributed by atoms with van der Waals surface area (Å²) >= 11 is 0. The van der Waals surface area contributed by atoms with Crippen molar-refractivity contribution in [2.24, 2.45) is 5.41 Å². The summed E-state index contributed by atoms with van der Waals surface area (Å²) in [7, 11) is -13.2. The highest BCUT2D eigenvalue weighted by Crippen LogP contribution is 2.51. The zero-order valence-corrected chi connectivity index (χ0v) is 48.1. The van der Waals surface area contributed by atoms with Gasteiger partial charge in [-0.2, -0.15) is 29.8 Å². The van der Waals surface area contributed by atoms with E-state index in [1.807, 2.05) is 128 Å². The zero-order chi connectivity index (χ0) is 58.7. The second kappa shape index (κ2) is 23.9.